The Morgan fingerprint density at radius 1 is 1.23 bits per heavy atom. The number of ether oxygens (including phenoxy) is 1. The number of hydrogen-bond donors (Lipinski definition) is 2. The van der Waals surface area contributed by atoms with Gasteiger partial charge < -0.3 is 29.6 Å². The standard InChI is InChI=1S/C21H21N4O5/c1-30-15-2-3-16-13(7-15)8-17(22-16)20(26)23-9-12-6-14(11-23)18-4-5-19(25(28)29)21(27)24(18)10-12/h2-5,7-8,12,14,22,28H,6,9-11H2,1H3/q-1/t12-,14+/m1/s1. The van der Waals surface area contributed by atoms with Crippen molar-refractivity contribution in [3.63, 3.8) is 0 Å². The van der Waals surface area contributed by atoms with Gasteiger partial charge in [0.05, 0.1) is 7.11 Å². The molecule has 1 aromatic carbocycles. The van der Waals surface area contributed by atoms with Gasteiger partial charge in [-0.2, -0.15) is 0 Å². The molecule has 4 heterocycles. The highest BCUT2D eigenvalue weighted by Gasteiger charge is 2.37. The van der Waals surface area contributed by atoms with Crippen molar-refractivity contribution in [3.8, 4) is 5.75 Å². The third-order valence-electron chi connectivity index (χ3n) is 6.14. The summed E-state index contributed by atoms with van der Waals surface area (Å²) < 4.78 is 6.81. The van der Waals surface area contributed by atoms with Gasteiger partial charge in [-0.05, 0) is 48.7 Å². The molecule has 0 spiro atoms. The predicted octanol–water partition coefficient (Wildman–Crippen LogP) is 2.29. The maximum Gasteiger partial charge on any atom is 0.275 e. The summed E-state index contributed by atoms with van der Waals surface area (Å²) in [5.74, 6) is 0.769. The van der Waals surface area contributed by atoms with Gasteiger partial charge >= 0.3 is 0 Å². The number of likely N-dealkylation sites (tertiary alicyclic amines) is 1. The van der Waals surface area contributed by atoms with Crippen LogP contribution in [0.1, 0.15) is 28.5 Å². The van der Waals surface area contributed by atoms with E-state index in [-0.39, 0.29) is 28.7 Å². The van der Waals surface area contributed by atoms with Crippen LogP contribution in [0.15, 0.2) is 41.2 Å². The third kappa shape index (κ3) is 2.94. The molecule has 2 aromatic heterocycles. The molecular formula is C21H21N4O5-. The van der Waals surface area contributed by atoms with E-state index in [0.29, 0.717) is 25.3 Å². The minimum atomic E-state index is -0.496. The lowest BCUT2D eigenvalue weighted by Gasteiger charge is -2.43. The number of nitrogens with zero attached hydrogens (tertiary/aromatic N) is 3. The second kappa shape index (κ2) is 6.89. The monoisotopic (exact) mass is 409 g/mol. The normalized spacial score (nSPS) is 20.2. The van der Waals surface area contributed by atoms with E-state index >= 15 is 0 Å². The molecule has 0 saturated carbocycles. The lowest BCUT2D eigenvalue weighted by molar-refractivity contribution is 0.0589. The van der Waals surface area contributed by atoms with Gasteiger partial charge in [-0.15, -0.1) is 0 Å². The van der Waals surface area contributed by atoms with Crippen LogP contribution in [0.25, 0.3) is 10.9 Å². The van der Waals surface area contributed by atoms with Crippen molar-refractivity contribution >= 4 is 22.5 Å². The molecule has 156 valence electrons. The van der Waals surface area contributed by atoms with Crippen LogP contribution in [-0.2, 0) is 6.54 Å². The average molecular weight is 409 g/mol. The fourth-order valence-electron chi connectivity index (χ4n) is 4.77. The van der Waals surface area contributed by atoms with E-state index in [4.69, 9.17) is 9.94 Å². The Bertz CT molecular complexity index is 1200. The smallest absolute Gasteiger partial charge is 0.275 e. The van der Waals surface area contributed by atoms with Crippen molar-refractivity contribution in [1.29, 1.82) is 0 Å². The van der Waals surface area contributed by atoms with Crippen LogP contribution in [0.5, 0.6) is 5.75 Å². The first kappa shape index (κ1) is 18.7. The topological polar surface area (TPSA) is 114 Å². The number of methoxy groups -OCH3 is 1. The molecule has 1 fully saturated rings. The number of piperidine rings is 1. The Labute approximate surface area is 171 Å². The van der Waals surface area contributed by atoms with Crippen molar-refractivity contribution in [2.24, 2.45) is 5.92 Å². The van der Waals surface area contributed by atoms with E-state index in [2.05, 4.69) is 4.98 Å². The molecule has 2 atom stereocenters. The van der Waals surface area contributed by atoms with Crippen molar-refractivity contribution < 1.29 is 14.7 Å². The lowest BCUT2D eigenvalue weighted by Crippen LogP contribution is -2.49. The van der Waals surface area contributed by atoms with E-state index in [9.17, 15) is 14.8 Å². The summed E-state index contributed by atoms with van der Waals surface area (Å²) in [7, 11) is 1.60. The molecule has 2 aliphatic heterocycles. The summed E-state index contributed by atoms with van der Waals surface area (Å²) in [5.41, 5.74) is 1.39. The van der Waals surface area contributed by atoms with Gasteiger partial charge in [0.25, 0.3) is 11.5 Å². The number of fused-ring (bicyclic) bond motifs is 5. The second-order valence-corrected chi connectivity index (χ2v) is 7.98. The van der Waals surface area contributed by atoms with Gasteiger partial charge in [0.2, 0.25) is 0 Å². The summed E-state index contributed by atoms with van der Waals surface area (Å²) in [5, 5.41) is 20.9. The maximum atomic E-state index is 13.2. The molecule has 2 aliphatic rings. The van der Waals surface area contributed by atoms with Gasteiger partial charge in [-0.3, -0.25) is 14.8 Å². The molecule has 2 bridgehead atoms. The fourth-order valence-corrected chi connectivity index (χ4v) is 4.77. The Morgan fingerprint density at radius 2 is 2.07 bits per heavy atom. The summed E-state index contributed by atoms with van der Waals surface area (Å²) in [4.78, 5) is 30.7. The third-order valence-corrected chi connectivity index (χ3v) is 6.14. The van der Waals surface area contributed by atoms with Crippen molar-refractivity contribution in [2.45, 2.75) is 18.9 Å². The van der Waals surface area contributed by atoms with Crippen LogP contribution >= 0.6 is 0 Å². The van der Waals surface area contributed by atoms with Gasteiger partial charge in [0.1, 0.15) is 17.1 Å². The number of aromatic amines is 1. The summed E-state index contributed by atoms with van der Waals surface area (Å²) >= 11 is 0. The van der Waals surface area contributed by atoms with Crippen molar-refractivity contribution in [2.75, 3.05) is 25.4 Å². The zero-order valence-corrected chi connectivity index (χ0v) is 16.4. The number of rotatable bonds is 3. The van der Waals surface area contributed by atoms with E-state index in [1.165, 1.54) is 6.07 Å². The Morgan fingerprint density at radius 3 is 2.83 bits per heavy atom. The number of aromatic nitrogens is 2. The van der Waals surface area contributed by atoms with Crippen LogP contribution in [0.4, 0.5) is 5.69 Å². The van der Waals surface area contributed by atoms with Crippen LogP contribution in [0.3, 0.4) is 0 Å². The number of benzene rings is 1. The molecule has 5 rings (SSSR count). The molecule has 1 saturated heterocycles. The molecule has 0 aliphatic carbocycles. The number of carbonyl (C=O) groups is 1. The number of H-pyrrole nitrogens is 1. The number of pyridine rings is 1. The molecule has 1 amide bonds. The summed E-state index contributed by atoms with van der Waals surface area (Å²) in [6.45, 7) is 1.44. The Balaban J connectivity index is 1.43. The first-order chi connectivity index (χ1) is 14.4. The SMILES string of the molecule is COc1ccc2[nH]c(C(=O)N3C[C@H]4C[C@@H](C3)c3ccc(N([O-])O)c(=O)n3C4)cc2c1. The van der Waals surface area contributed by atoms with Crippen molar-refractivity contribution in [1.82, 2.24) is 14.5 Å². The lowest BCUT2D eigenvalue weighted by atomic mass is 9.83. The molecular weight excluding hydrogens is 388 g/mol. The Kier molecular flexibility index (Phi) is 4.30. The largest absolute Gasteiger partial charge is 0.733 e. The highest BCUT2D eigenvalue weighted by Crippen LogP contribution is 2.36. The zero-order valence-electron chi connectivity index (χ0n) is 16.4. The number of hydrogen-bond acceptors (Lipinski definition) is 6. The number of carbonyl (C=O) groups excluding carboxylic acids is 1. The number of amides is 1. The molecule has 0 unspecified atom stereocenters. The molecule has 2 N–H and O–H groups in total. The highest BCUT2D eigenvalue weighted by atomic mass is 16.8. The van der Waals surface area contributed by atoms with Crippen molar-refractivity contribution in [3.05, 3.63) is 63.3 Å². The molecule has 0 radical (unpaired) electrons. The number of anilines is 1. The minimum absolute atomic E-state index is 0.00599. The first-order valence-corrected chi connectivity index (χ1v) is 9.80. The molecule has 3 aromatic rings. The van der Waals surface area contributed by atoms with E-state index < -0.39 is 5.56 Å². The van der Waals surface area contributed by atoms with E-state index in [1.807, 2.05) is 29.2 Å². The second-order valence-electron chi connectivity index (χ2n) is 7.98. The van der Waals surface area contributed by atoms with Gasteiger partial charge in [-0.1, -0.05) is 0 Å². The van der Waals surface area contributed by atoms with Crippen LogP contribution in [-0.4, -0.2) is 45.8 Å². The highest BCUT2D eigenvalue weighted by molar-refractivity contribution is 5.98. The molecule has 9 heteroatoms. The van der Waals surface area contributed by atoms with Crippen LogP contribution in [0, 0.1) is 11.1 Å². The molecule has 9 nitrogen and oxygen atoms in total. The maximum absolute atomic E-state index is 13.2. The average Bonchev–Trinajstić information content (AvgIpc) is 3.16. The number of nitrogens with one attached hydrogen (secondary N) is 1. The minimum Gasteiger partial charge on any atom is -0.733 e. The summed E-state index contributed by atoms with van der Waals surface area (Å²) in [6.07, 6.45) is 0.882. The Hall–Kier alpha value is -3.30. The van der Waals surface area contributed by atoms with E-state index in [1.54, 1.807) is 17.7 Å². The van der Waals surface area contributed by atoms with Gasteiger partial charge in [0.15, 0.2) is 0 Å². The summed E-state index contributed by atoms with van der Waals surface area (Å²) in [6, 6.07) is 10.5. The first-order valence-electron chi connectivity index (χ1n) is 9.80. The predicted molar refractivity (Wildman–Crippen MR) is 110 cm³/mol. The fraction of sp³-hybridized carbons (Fsp3) is 0.333. The quantitative estimate of drug-likeness (QED) is 0.642. The zero-order chi connectivity index (χ0) is 21.0. The van der Waals surface area contributed by atoms with Gasteiger partial charge in [-0.25, -0.2) is 0 Å². The van der Waals surface area contributed by atoms with Crippen LogP contribution in [0.2, 0.25) is 0 Å². The van der Waals surface area contributed by atoms with E-state index in [0.717, 1.165) is 28.8 Å². The molecule has 30 heavy (non-hydrogen) atoms. The van der Waals surface area contributed by atoms with Crippen LogP contribution < -0.4 is 15.5 Å². The van der Waals surface area contributed by atoms with Gasteiger partial charge in [0, 0.05) is 42.1 Å².